The molecule has 6 nitrogen and oxygen atoms in total. The fourth-order valence-electron chi connectivity index (χ4n) is 0.879. The van der Waals surface area contributed by atoms with Gasteiger partial charge in [0.25, 0.3) is 0 Å². The van der Waals surface area contributed by atoms with E-state index in [9.17, 15) is 18.0 Å². The van der Waals surface area contributed by atoms with E-state index in [2.05, 4.69) is 6.58 Å². The molecule has 1 aliphatic heterocycles. The first-order chi connectivity index (χ1) is 8.16. The van der Waals surface area contributed by atoms with Gasteiger partial charge in [-0.2, -0.15) is 13.2 Å². The maximum absolute atomic E-state index is 10.6. The van der Waals surface area contributed by atoms with Crippen molar-refractivity contribution in [1.29, 1.82) is 0 Å². The first kappa shape index (κ1) is 15.8. The van der Waals surface area contributed by atoms with Crippen molar-refractivity contribution in [3.05, 3.63) is 25.2 Å². The molecule has 0 aromatic heterocycles. The van der Waals surface area contributed by atoms with Crippen LogP contribution in [0, 0.1) is 0 Å². The van der Waals surface area contributed by atoms with Crippen LogP contribution in [0.5, 0.6) is 0 Å². The van der Waals surface area contributed by atoms with Gasteiger partial charge in [-0.3, -0.25) is 4.79 Å². The smallest absolute Gasteiger partial charge is 0.480 e. The summed E-state index contributed by atoms with van der Waals surface area (Å²) >= 11 is 0. The Balaban J connectivity index is 0.000000360. The number of hydrogen-bond acceptors (Lipinski definition) is 4. The van der Waals surface area contributed by atoms with Gasteiger partial charge in [-0.1, -0.05) is 6.58 Å². The minimum Gasteiger partial charge on any atom is -0.480 e. The Morgan fingerprint density at radius 1 is 1.33 bits per heavy atom. The average molecular weight is 268 g/mol. The molecule has 1 rings (SSSR count). The Labute approximate surface area is 100 Å². The van der Waals surface area contributed by atoms with Crippen LogP contribution in [-0.2, 0) is 9.59 Å². The van der Waals surface area contributed by atoms with E-state index in [4.69, 9.17) is 15.0 Å². The van der Waals surface area contributed by atoms with Gasteiger partial charge in [-0.05, 0) is 6.20 Å². The molecular weight excluding hydrogens is 257 g/mol. The monoisotopic (exact) mass is 268 g/mol. The Bertz CT molecular complexity index is 354. The van der Waals surface area contributed by atoms with Gasteiger partial charge >= 0.3 is 18.1 Å². The van der Waals surface area contributed by atoms with Crippen molar-refractivity contribution in [2.75, 3.05) is 13.2 Å². The van der Waals surface area contributed by atoms with E-state index in [1.165, 1.54) is 0 Å². The highest BCUT2D eigenvalue weighted by Crippen LogP contribution is 2.13. The van der Waals surface area contributed by atoms with Crippen LogP contribution < -0.4 is 0 Å². The fraction of sp³-hybridized carbons (Fsp3) is 0.333. The van der Waals surface area contributed by atoms with Gasteiger partial charge in [-0.25, -0.2) is 4.79 Å². The summed E-state index contributed by atoms with van der Waals surface area (Å²) in [5, 5.41) is 15.5. The minimum atomic E-state index is -5.08. The van der Waals surface area contributed by atoms with Crippen LogP contribution in [0.15, 0.2) is 25.2 Å². The molecule has 1 aliphatic rings. The summed E-state index contributed by atoms with van der Waals surface area (Å²) in [5.74, 6) is -3.58. The van der Waals surface area contributed by atoms with Crippen LogP contribution in [0.3, 0.4) is 0 Å². The number of carbonyl (C=O) groups is 2. The van der Waals surface area contributed by atoms with Gasteiger partial charge < -0.3 is 20.0 Å². The zero-order valence-electron chi connectivity index (χ0n) is 9.09. The van der Waals surface area contributed by atoms with Gasteiger partial charge in [0.1, 0.15) is 6.54 Å². The molecule has 0 unspecified atom stereocenters. The molecule has 0 saturated carbocycles. The first-order valence-electron chi connectivity index (χ1n) is 4.49. The van der Waals surface area contributed by atoms with E-state index in [1.807, 2.05) is 4.90 Å². The lowest BCUT2D eigenvalue weighted by atomic mass is 10.6. The van der Waals surface area contributed by atoms with Gasteiger partial charge in [0.15, 0.2) is 0 Å². The molecular formula is C9H11F3N2O4. The number of carboxylic acid groups (broad SMARTS) is 2. The quantitative estimate of drug-likeness (QED) is 0.791. The summed E-state index contributed by atoms with van der Waals surface area (Å²) in [5.41, 5.74) is 0. The molecule has 0 amide bonds. The minimum absolute atomic E-state index is 0.0425. The number of carboxylic acids is 2. The molecule has 0 bridgehead atoms. The van der Waals surface area contributed by atoms with Crippen LogP contribution in [0.1, 0.15) is 0 Å². The molecule has 0 aromatic carbocycles. The summed E-state index contributed by atoms with van der Waals surface area (Å²) in [4.78, 5) is 22.6. The van der Waals surface area contributed by atoms with E-state index < -0.39 is 18.1 Å². The Morgan fingerprint density at radius 2 is 1.83 bits per heavy atom. The van der Waals surface area contributed by atoms with Crippen molar-refractivity contribution >= 4 is 11.9 Å². The van der Waals surface area contributed by atoms with Crippen LogP contribution in [-0.4, -0.2) is 51.3 Å². The lowest BCUT2D eigenvalue weighted by Crippen LogP contribution is -2.27. The van der Waals surface area contributed by atoms with Crippen molar-refractivity contribution in [2.45, 2.75) is 6.18 Å². The van der Waals surface area contributed by atoms with Crippen molar-refractivity contribution in [3.8, 4) is 0 Å². The predicted octanol–water partition coefficient (Wildman–Crippen LogP) is 0.894. The maximum Gasteiger partial charge on any atom is 0.490 e. The topological polar surface area (TPSA) is 81.1 Å². The molecule has 0 aliphatic carbocycles. The number of halogens is 3. The van der Waals surface area contributed by atoms with E-state index >= 15 is 0 Å². The zero-order chi connectivity index (χ0) is 14.3. The fourth-order valence-corrected chi connectivity index (χ4v) is 0.879. The summed E-state index contributed by atoms with van der Waals surface area (Å²) in [6, 6.07) is 0. The highest BCUT2D eigenvalue weighted by molar-refractivity contribution is 5.73. The third kappa shape index (κ3) is 6.40. The molecule has 0 saturated heterocycles. The summed E-state index contributed by atoms with van der Waals surface area (Å²) < 4.78 is 31.7. The molecule has 1 heterocycles. The molecule has 0 radical (unpaired) electrons. The largest absolute Gasteiger partial charge is 0.490 e. The molecule has 9 heteroatoms. The Morgan fingerprint density at radius 3 is 2.11 bits per heavy atom. The van der Waals surface area contributed by atoms with Crippen LogP contribution in [0.2, 0.25) is 0 Å². The third-order valence-corrected chi connectivity index (χ3v) is 1.63. The molecule has 0 spiro atoms. The standard InChI is InChI=1S/C7H10N2O2.C2HF3O2/c1-2-8-3-4-9(6-8)5-7(10)11;3-2(4,5)1(6)7/h2-4H,1,5-6H2,(H,10,11);(H,6,7). The summed E-state index contributed by atoms with van der Waals surface area (Å²) in [6.07, 6.45) is 0.0874. The Kier molecular flexibility index (Phi) is 5.73. The van der Waals surface area contributed by atoms with E-state index in [1.54, 1.807) is 23.5 Å². The number of aliphatic carboxylic acids is 2. The number of hydrogen-bond donors (Lipinski definition) is 2. The zero-order valence-corrected chi connectivity index (χ0v) is 9.09. The number of alkyl halides is 3. The number of nitrogens with zero attached hydrogens (tertiary/aromatic N) is 2. The van der Waals surface area contributed by atoms with Crippen LogP contribution >= 0.6 is 0 Å². The second-order valence-corrected chi connectivity index (χ2v) is 3.08. The summed E-state index contributed by atoms with van der Waals surface area (Å²) in [6.45, 7) is 4.18. The third-order valence-electron chi connectivity index (χ3n) is 1.63. The van der Waals surface area contributed by atoms with Crippen molar-refractivity contribution in [3.63, 3.8) is 0 Å². The van der Waals surface area contributed by atoms with Gasteiger partial charge in [0, 0.05) is 12.4 Å². The first-order valence-corrected chi connectivity index (χ1v) is 4.49. The average Bonchev–Trinajstić information content (AvgIpc) is 2.64. The SMILES string of the molecule is C=CN1C=CN(CC(=O)O)C1.O=C(O)C(F)(F)F. The normalized spacial score (nSPS) is 13.9. The lowest BCUT2D eigenvalue weighted by Gasteiger charge is -2.15. The second kappa shape index (κ2) is 6.52. The summed E-state index contributed by atoms with van der Waals surface area (Å²) in [7, 11) is 0. The van der Waals surface area contributed by atoms with Crippen LogP contribution in [0.4, 0.5) is 13.2 Å². The van der Waals surface area contributed by atoms with Crippen molar-refractivity contribution < 1.29 is 33.0 Å². The highest BCUT2D eigenvalue weighted by Gasteiger charge is 2.38. The lowest BCUT2D eigenvalue weighted by molar-refractivity contribution is -0.192. The van der Waals surface area contributed by atoms with Crippen molar-refractivity contribution in [1.82, 2.24) is 9.80 Å². The number of rotatable bonds is 3. The maximum atomic E-state index is 10.6. The van der Waals surface area contributed by atoms with E-state index in [-0.39, 0.29) is 6.54 Å². The van der Waals surface area contributed by atoms with Gasteiger partial charge in [-0.15, -0.1) is 0 Å². The molecule has 2 N–H and O–H groups in total. The predicted molar refractivity (Wildman–Crippen MR) is 54.1 cm³/mol. The van der Waals surface area contributed by atoms with Gasteiger partial charge in [0.2, 0.25) is 0 Å². The molecule has 0 fully saturated rings. The molecule has 0 aromatic rings. The molecule has 18 heavy (non-hydrogen) atoms. The Hall–Kier alpha value is -2.19. The van der Waals surface area contributed by atoms with E-state index in [0.717, 1.165) is 0 Å². The highest BCUT2D eigenvalue weighted by atomic mass is 19.4. The second-order valence-electron chi connectivity index (χ2n) is 3.08. The van der Waals surface area contributed by atoms with Gasteiger partial charge in [0.05, 0.1) is 6.67 Å². The van der Waals surface area contributed by atoms with Crippen LogP contribution in [0.25, 0.3) is 0 Å². The molecule has 102 valence electrons. The van der Waals surface area contributed by atoms with Crippen molar-refractivity contribution in [2.24, 2.45) is 0 Å². The molecule has 0 atom stereocenters. The van der Waals surface area contributed by atoms with E-state index in [0.29, 0.717) is 6.67 Å².